The van der Waals surface area contributed by atoms with E-state index in [9.17, 15) is 4.79 Å². The molecule has 3 nitrogen and oxygen atoms in total. The highest BCUT2D eigenvalue weighted by molar-refractivity contribution is 7.09. The predicted molar refractivity (Wildman–Crippen MR) is 76.7 cm³/mol. The smallest absolute Gasteiger partial charge is 0.240 e. The van der Waals surface area contributed by atoms with E-state index in [4.69, 9.17) is 5.73 Å². The highest BCUT2D eigenvalue weighted by Crippen LogP contribution is 2.23. The fraction of sp³-hybridized carbons (Fsp3) is 0.267. The first-order valence-electron chi connectivity index (χ1n) is 6.37. The number of hydrogen-bond acceptors (Lipinski definition) is 3. The number of carbonyl (C=O) groups is 1. The molecule has 1 aliphatic heterocycles. The summed E-state index contributed by atoms with van der Waals surface area (Å²) in [6.45, 7) is 1.38. The van der Waals surface area contributed by atoms with Crippen molar-refractivity contribution in [1.82, 2.24) is 4.90 Å². The summed E-state index contributed by atoms with van der Waals surface area (Å²) in [4.78, 5) is 15.4. The van der Waals surface area contributed by atoms with E-state index >= 15 is 0 Å². The second-order valence-corrected chi connectivity index (χ2v) is 5.89. The van der Waals surface area contributed by atoms with Crippen molar-refractivity contribution in [3.63, 3.8) is 0 Å². The van der Waals surface area contributed by atoms with Crippen LogP contribution in [-0.2, 0) is 24.3 Å². The lowest BCUT2D eigenvalue weighted by atomic mass is 10.1. The van der Waals surface area contributed by atoms with E-state index in [0.717, 1.165) is 4.88 Å². The van der Waals surface area contributed by atoms with E-state index in [1.807, 2.05) is 34.5 Å². The van der Waals surface area contributed by atoms with Crippen LogP contribution >= 0.6 is 11.3 Å². The SMILES string of the molecule is NC(Cc1cccs1)C(=O)N1Cc2ccccc2C1. The number of fused-ring (bicyclic) bond motifs is 1. The molecule has 2 aromatic rings. The Morgan fingerprint density at radius 1 is 1.21 bits per heavy atom. The number of benzene rings is 1. The number of hydrogen-bond donors (Lipinski definition) is 1. The topological polar surface area (TPSA) is 46.3 Å². The normalized spacial score (nSPS) is 15.3. The van der Waals surface area contributed by atoms with Crippen molar-refractivity contribution >= 4 is 17.2 Å². The van der Waals surface area contributed by atoms with Gasteiger partial charge in [0.05, 0.1) is 6.04 Å². The second kappa shape index (κ2) is 5.15. The lowest BCUT2D eigenvalue weighted by Crippen LogP contribution is -2.42. The van der Waals surface area contributed by atoms with Gasteiger partial charge in [-0.1, -0.05) is 30.3 Å². The molecular formula is C15H16N2OS. The van der Waals surface area contributed by atoms with Gasteiger partial charge in [-0.05, 0) is 22.6 Å². The number of nitrogens with zero attached hydrogens (tertiary/aromatic N) is 1. The molecule has 3 rings (SSSR count). The van der Waals surface area contributed by atoms with E-state index in [0.29, 0.717) is 19.5 Å². The van der Waals surface area contributed by atoms with E-state index < -0.39 is 6.04 Å². The van der Waals surface area contributed by atoms with Gasteiger partial charge in [0.2, 0.25) is 5.91 Å². The fourth-order valence-electron chi connectivity index (χ4n) is 2.46. The maximum Gasteiger partial charge on any atom is 0.240 e. The molecule has 2 heterocycles. The van der Waals surface area contributed by atoms with Crippen LogP contribution in [0, 0.1) is 0 Å². The van der Waals surface area contributed by atoms with E-state index in [-0.39, 0.29) is 5.91 Å². The fourth-order valence-corrected chi connectivity index (χ4v) is 3.22. The highest BCUT2D eigenvalue weighted by Gasteiger charge is 2.26. The average molecular weight is 272 g/mol. The Balaban J connectivity index is 1.66. The van der Waals surface area contributed by atoms with Gasteiger partial charge < -0.3 is 10.6 Å². The summed E-state index contributed by atoms with van der Waals surface area (Å²) in [5.74, 6) is 0.0459. The first-order valence-corrected chi connectivity index (χ1v) is 7.25. The van der Waals surface area contributed by atoms with Gasteiger partial charge in [0.1, 0.15) is 0 Å². The first-order chi connectivity index (χ1) is 9.24. The quantitative estimate of drug-likeness (QED) is 0.930. The van der Waals surface area contributed by atoms with E-state index in [2.05, 4.69) is 12.1 Å². The van der Waals surface area contributed by atoms with Crippen LogP contribution < -0.4 is 5.73 Å². The Labute approximate surface area is 116 Å². The lowest BCUT2D eigenvalue weighted by Gasteiger charge is -2.19. The largest absolute Gasteiger partial charge is 0.333 e. The molecule has 1 atom stereocenters. The number of rotatable bonds is 3. The Kier molecular flexibility index (Phi) is 3.36. The van der Waals surface area contributed by atoms with Gasteiger partial charge in [0.15, 0.2) is 0 Å². The van der Waals surface area contributed by atoms with Crippen molar-refractivity contribution in [2.24, 2.45) is 5.73 Å². The minimum Gasteiger partial charge on any atom is -0.333 e. The van der Waals surface area contributed by atoms with Crippen LogP contribution in [0.15, 0.2) is 41.8 Å². The number of nitrogens with two attached hydrogens (primary N) is 1. The standard InChI is InChI=1S/C15H16N2OS/c16-14(8-13-6-3-7-19-13)15(18)17-9-11-4-1-2-5-12(11)10-17/h1-7,14H,8-10,16H2. The van der Waals surface area contributed by atoms with E-state index in [1.165, 1.54) is 11.1 Å². The minimum atomic E-state index is -0.437. The third kappa shape index (κ3) is 2.55. The summed E-state index contributed by atoms with van der Waals surface area (Å²) in [6.07, 6.45) is 0.628. The van der Waals surface area contributed by atoms with E-state index in [1.54, 1.807) is 11.3 Å². The van der Waals surface area contributed by atoms with Crippen LogP contribution in [0.3, 0.4) is 0 Å². The van der Waals surface area contributed by atoms with Gasteiger partial charge in [0.25, 0.3) is 0 Å². The Morgan fingerprint density at radius 3 is 2.47 bits per heavy atom. The highest BCUT2D eigenvalue weighted by atomic mass is 32.1. The van der Waals surface area contributed by atoms with Crippen molar-refractivity contribution in [2.45, 2.75) is 25.6 Å². The van der Waals surface area contributed by atoms with Gasteiger partial charge in [-0.3, -0.25) is 4.79 Å². The van der Waals surface area contributed by atoms with Crippen molar-refractivity contribution in [2.75, 3.05) is 0 Å². The molecule has 1 aliphatic rings. The van der Waals surface area contributed by atoms with Gasteiger partial charge >= 0.3 is 0 Å². The van der Waals surface area contributed by atoms with Crippen molar-refractivity contribution < 1.29 is 4.79 Å². The molecule has 0 radical (unpaired) electrons. The van der Waals surface area contributed by atoms with Gasteiger partial charge in [-0.25, -0.2) is 0 Å². The maximum absolute atomic E-state index is 12.3. The summed E-state index contributed by atoms with van der Waals surface area (Å²) >= 11 is 1.65. The third-order valence-electron chi connectivity index (χ3n) is 3.47. The van der Waals surface area contributed by atoms with Gasteiger partial charge in [-0.2, -0.15) is 0 Å². The average Bonchev–Trinajstić information content (AvgIpc) is 3.05. The van der Waals surface area contributed by atoms with Crippen LogP contribution in [0.25, 0.3) is 0 Å². The van der Waals surface area contributed by atoms with Crippen LogP contribution in [0.1, 0.15) is 16.0 Å². The molecule has 19 heavy (non-hydrogen) atoms. The van der Waals surface area contributed by atoms with Gasteiger partial charge in [-0.15, -0.1) is 11.3 Å². The Bertz CT molecular complexity index is 555. The number of carbonyl (C=O) groups excluding carboxylic acids is 1. The zero-order valence-corrected chi connectivity index (χ0v) is 11.4. The molecule has 4 heteroatoms. The molecule has 0 aliphatic carbocycles. The van der Waals surface area contributed by atoms with Crippen LogP contribution in [0.5, 0.6) is 0 Å². The van der Waals surface area contributed by atoms with Crippen molar-refractivity contribution in [3.05, 3.63) is 57.8 Å². The summed E-state index contributed by atoms with van der Waals surface area (Å²) in [5, 5.41) is 2.01. The molecule has 1 amide bonds. The number of amides is 1. The molecule has 2 N–H and O–H groups in total. The van der Waals surface area contributed by atoms with Crippen LogP contribution in [0.2, 0.25) is 0 Å². The van der Waals surface area contributed by atoms with Gasteiger partial charge in [0, 0.05) is 24.4 Å². The lowest BCUT2D eigenvalue weighted by molar-refractivity contribution is -0.133. The Morgan fingerprint density at radius 2 is 1.89 bits per heavy atom. The molecule has 1 aromatic heterocycles. The zero-order chi connectivity index (χ0) is 13.2. The molecule has 0 saturated heterocycles. The summed E-state index contributed by atoms with van der Waals surface area (Å²) in [6, 6.07) is 11.8. The second-order valence-electron chi connectivity index (χ2n) is 4.85. The Hall–Kier alpha value is -1.65. The molecular weight excluding hydrogens is 256 g/mol. The molecule has 0 spiro atoms. The summed E-state index contributed by atoms with van der Waals surface area (Å²) in [5.41, 5.74) is 8.51. The monoisotopic (exact) mass is 272 g/mol. The predicted octanol–water partition coefficient (Wildman–Crippen LogP) is 2.16. The van der Waals surface area contributed by atoms with Crippen LogP contribution in [-0.4, -0.2) is 16.8 Å². The molecule has 1 unspecified atom stereocenters. The molecule has 0 bridgehead atoms. The molecule has 98 valence electrons. The number of thiophene rings is 1. The third-order valence-corrected chi connectivity index (χ3v) is 4.37. The molecule has 0 saturated carbocycles. The maximum atomic E-state index is 12.3. The minimum absolute atomic E-state index is 0.0459. The molecule has 0 fully saturated rings. The first kappa shape index (κ1) is 12.4. The summed E-state index contributed by atoms with van der Waals surface area (Å²) < 4.78 is 0. The molecule has 1 aromatic carbocycles. The van der Waals surface area contributed by atoms with Crippen molar-refractivity contribution in [1.29, 1.82) is 0 Å². The van der Waals surface area contributed by atoms with Crippen LogP contribution in [0.4, 0.5) is 0 Å². The zero-order valence-electron chi connectivity index (χ0n) is 10.6. The summed E-state index contributed by atoms with van der Waals surface area (Å²) in [7, 11) is 0. The van der Waals surface area contributed by atoms with Crippen molar-refractivity contribution in [3.8, 4) is 0 Å².